The molecular formula is C16H20ClN3. The topological polar surface area (TPSA) is 21.1 Å². The van der Waals surface area contributed by atoms with Gasteiger partial charge in [0.15, 0.2) is 0 Å². The first-order chi connectivity index (χ1) is 9.66. The maximum absolute atomic E-state index is 6.37. The Balaban J connectivity index is 1.88. The van der Waals surface area contributed by atoms with E-state index in [4.69, 9.17) is 11.6 Å². The van der Waals surface area contributed by atoms with Gasteiger partial charge in [0.1, 0.15) is 5.82 Å². The van der Waals surface area contributed by atoms with Gasteiger partial charge in [0, 0.05) is 29.9 Å². The van der Waals surface area contributed by atoms with E-state index >= 15 is 0 Å². The van der Waals surface area contributed by atoms with Crippen molar-refractivity contribution in [1.82, 2.24) is 14.5 Å². The van der Waals surface area contributed by atoms with E-state index in [1.54, 1.807) is 0 Å². The fourth-order valence-electron chi connectivity index (χ4n) is 2.65. The van der Waals surface area contributed by atoms with Gasteiger partial charge in [-0.2, -0.15) is 0 Å². The first-order valence-electron chi connectivity index (χ1n) is 7.08. The van der Waals surface area contributed by atoms with Crippen molar-refractivity contribution in [3.63, 3.8) is 0 Å². The maximum atomic E-state index is 6.37. The molecule has 1 atom stereocenters. The zero-order valence-corrected chi connectivity index (χ0v) is 12.7. The summed E-state index contributed by atoms with van der Waals surface area (Å²) in [4.78, 5) is 6.74. The van der Waals surface area contributed by atoms with Crippen LogP contribution in [-0.2, 0) is 6.54 Å². The Hall–Kier alpha value is -1.32. The summed E-state index contributed by atoms with van der Waals surface area (Å²) in [5.41, 5.74) is 1.18. The van der Waals surface area contributed by atoms with Crippen molar-refractivity contribution in [2.45, 2.75) is 31.3 Å². The number of benzene rings is 1. The molecule has 1 fully saturated rings. The normalized spacial score (nSPS) is 16.6. The van der Waals surface area contributed by atoms with Gasteiger partial charge >= 0.3 is 0 Å². The van der Waals surface area contributed by atoms with Crippen LogP contribution in [0.2, 0.25) is 5.02 Å². The lowest BCUT2D eigenvalue weighted by Crippen LogP contribution is -2.25. The van der Waals surface area contributed by atoms with Crippen LogP contribution in [0, 0.1) is 0 Å². The molecule has 0 amide bonds. The van der Waals surface area contributed by atoms with Crippen LogP contribution in [0.4, 0.5) is 0 Å². The standard InChI is InChI=1S/C16H20ClN3/c1-19(2)15(13-5-3-4-6-14(13)17)11-20-10-9-18-16(20)12-7-8-12/h3-6,9-10,12,15H,7-8,11H2,1-2H3/t15-/m0/s1. The van der Waals surface area contributed by atoms with Crippen LogP contribution in [0.1, 0.15) is 36.2 Å². The Kier molecular flexibility index (Phi) is 3.81. The second kappa shape index (κ2) is 5.58. The van der Waals surface area contributed by atoms with E-state index in [0.717, 1.165) is 11.6 Å². The molecule has 1 aromatic carbocycles. The zero-order chi connectivity index (χ0) is 14.1. The Morgan fingerprint density at radius 3 is 2.75 bits per heavy atom. The van der Waals surface area contributed by atoms with Gasteiger partial charge in [-0.25, -0.2) is 4.98 Å². The summed E-state index contributed by atoms with van der Waals surface area (Å²) in [6.45, 7) is 0.891. The molecule has 3 rings (SSSR count). The van der Waals surface area contributed by atoms with Crippen LogP contribution in [0.15, 0.2) is 36.7 Å². The van der Waals surface area contributed by atoms with Crippen molar-refractivity contribution in [3.05, 3.63) is 53.1 Å². The van der Waals surface area contributed by atoms with E-state index in [0.29, 0.717) is 5.92 Å². The van der Waals surface area contributed by atoms with Gasteiger partial charge in [-0.15, -0.1) is 0 Å². The lowest BCUT2D eigenvalue weighted by atomic mass is 10.1. The van der Waals surface area contributed by atoms with E-state index in [-0.39, 0.29) is 6.04 Å². The molecular weight excluding hydrogens is 270 g/mol. The predicted molar refractivity (Wildman–Crippen MR) is 82.1 cm³/mol. The zero-order valence-electron chi connectivity index (χ0n) is 12.0. The monoisotopic (exact) mass is 289 g/mol. The highest BCUT2D eigenvalue weighted by Crippen LogP contribution is 2.39. The molecule has 1 saturated carbocycles. The van der Waals surface area contributed by atoms with Crippen LogP contribution >= 0.6 is 11.6 Å². The Labute approximate surface area is 125 Å². The molecule has 1 aromatic heterocycles. The van der Waals surface area contributed by atoms with E-state index in [9.17, 15) is 0 Å². The number of aromatic nitrogens is 2. The minimum Gasteiger partial charge on any atom is -0.333 e. The molecule has 20 heavy (non-hydrogen) atoms. The number of halogens is 1. The minimum atomic E-state index is 0.260. The first-order valence-corrected chi connectivity index (χ1v) is 7.46. The molecule has 0 aliphatic heterocycles. The SMILES string of the molecule is CN(C)[C@@H](Cn1ccnc1C1CC1)c1ccccc1Cl. The fraction of sp³-hybridized carbons (Fsp3) is 0.438. The molecule has 0 bridgehead atoms. The number of hydrogen-bond acceptors (Lipinski definition) is 2. The Bertz CT molecular complexity index is 587. The molecule has 0 saturated heterocycles. The summed E-state index contributed by atoms with van der Waals surface area (Å²) in [5, 5.41) is 0.833. The van der Waals surface area contributed by atoms with Crippen molar-refractivity contribution in [1.29, 1.82) is 0 Å². The van der Waals surface area contributed by atoms with E-state index in [1.807, 2.05) is 24.4 Å². The fourth-order valence-corrected chi connectivity index (χ4v) is 2.91. The maximum Gasteiger partial charge on any atom is 0.111 e. The van der Waals surface area contributed by atoms with Crippen LogP contribution in [0.3, 0.4) is 0 Å². The third-order valence-electron chi connectivity index (χ3n) is 3.95. The molecule has 3 nitrogen and oxygen atoms in total. The summed E-state index contributed by atoms with van der Waals surface area (Å²) in [7, 11) is 4.20. The van der Waals surface area contributed by atoms with Gasteiger partial charge in [0.2, 0.25) is 0 Å². The molecule has 4 heteroatoms. The van der Waals surface area contributed by atoms with Gasteiger partial charge < -0.3 is 9.47 Å². The van der Waals surface area contributed by atoms with E-state index in [1.165, 1.54) is 24.2 Å². The van der Waals surface area contributed by atoms with Crippen molar-refractivity contribution in [2.24, 2.45) is 0 Å². The van der Waals surface area contributed by atoms with Gasteiger partial charge in [-0.3, -0.25) is 0 Å². The number of imidazole rings is 1. The summed E-state index contributed by atoms with van der Waals surface area (Å²) in [6.07, 6.45) is 6.54. The number of rotatable bonds is 5. The van der Waals surface area contributed by atoms with Crippen LogP contribution in [0.25, 0.3) is 0 Å². The lowest BCUT2D eigenvalue weighted by molar-refractivity contribution is 0.267. The third-order valence-corrected chi connectivity index (χ3v) is 4.29. The second-order valence-corrected chi connectivity index (χ2v) is 6.12. The molecule has 1 aliphatic rings. The van der Waals surface area contributed by atoms with E-state index in [2.05, 4.69) is 40.8 Å². The summed E-state index contributed by atoms with van der Waals surface area (Å²) in [6, 6.07) is 8.36. The second-order valence-electron chi connectivity index (χ2n) is 5.71. The molecule has 1 heterocycles. The lowest BCUT2D eigenvalue weighted by Gasteiger charge is -2.26. The number of likely N-dealkylation sites (N-methyl/N-ethyl adjacent to an activating group) is 1. The highest BCUT2D eigenvalue weighted by atomic mass is 35.5. The van der Waals surface area contributed by atoms with Crippen molar-refractivity contribution in [2.75, 3.05) is 14.1 Å². The summed E-state index contributed by atoms with van der Waals surface area (Å²) < 4.78 is 2.28. The third kappa shape index (κ3) is 2.74. The van der Waals surface area contributed by atoms with Crippen molar-refractivity contribution < 1.29 is 0 Å². The highest BCUT2D eigenvalue weighted by molar-refractivity contribution is 6.31. The Morgan fingerprint density at radius 1 is 1.35 bits per heavy atom. The van der Waals surface area contributed by atoms with Crippen molar-refractivity contribution >= 4 is 11.6 Å². The predicted octanol–water partition coefficient (Wildman–Crippen LogP) is 3.72. The van der Waals surface area contributed by atoms with Crippen LogP contribution < -0.4 is 0 Å². The smallest absolute Gasteiger partial charge is 0.111 e. The molecule has 0 N–H and O–H groups in total. The molecule has 2 aromatic rings. The van der Waals surface area contributed by atoms with Crippen molar-refractivity contribution in [3.8, 4) is 0 Å². The average molecular weight is 290 g/mol. The van der Waals surface area contributed by atoms with Crippen LogP contribution in [-0.4, -0.2) is 28.5 Å². The highest BCUT2D eigenvalue weighted by Gasteiger charge is 2.29. The van der Waals surface area contributed by atoms with E-state index < -0.39 is 0 Å². The van der Waals surface area contributed by atoms with Crippen LogP contribution in [0.5, 0.6) is 0 Å². The van der Waals surface area contributed by atoms with Gasteiger partial charge in [-0.05, 0) is 38.6 Å². The first kappa shape index (κ1) is 13.7. The summed E-state index contributed by atoms with van der Waals surface area (Å²) >= 11 is 6.37. The molecule has 0 unspecified atom stereocenters. The molecule has 106 valence electrons. The number of nitrogens with zero attached hydrogens (tertiary/aromatic N) is 3. The molecule has 0 radical (unpaired) electrons. The van der Waals surface area contributed by atoms with Gasteiger partial charge in [0.25, 0.3) is 0 Å². The molecule has 1 aliphatic carbocycles. The molecule has 0 spiro atoms. The van der Waals surface area contributed by atoms with Gasteiger partial charge in [-0.1, -0.05) is 29.8 Å². The largest absolute Gasteiger partial charge is 0.333 e. The number of hydrogen-bond donors (Lipinski definition) is 0. The van der Waals surface area contributed by atoms with Gasteiger partial charge in [0.05, 0.1) is 6.04 Å². The minimum absolute atomic E-state index is 0.260. The average Bonchev–Trinajstić information content (AvgIpc) is 3.16. The quantitative estimate of drug-likeness (QED) is 0.836. The Morgan fingerprint density at radius 2 is 2.10 bits per heavy atom. The summed E-state index contributed by atoms with van der Waals surface area (Å²) in [5.74, 6) is 1.89.